The van der Waals surface area contributed by atoms with Crippen LogP contribution in [0.4, 0.5) is 5.69 Å². The number of pyridine rings is 2. The minimum Gasteiger partial charge on any atom is -0.432 e. The molecule has 0 aromatic carbocycles. The lowest BCUT2D eigenvalue weighted by Gasteiger charge is -2.01. The number of aryl methyl sites for hydroxylation is 1. The van der Waals surface area contributed by atoms with Gasteiger partial charge in [-0.3, -0.25) is 4.79 Å². The standard InChI is InChI=1S/C14H9Cl2N3O2/c1-6-2-3-8-10(17)13(21-14(8)19-6)12(20)11-9(16)4-7(15)5-18-11/h2-5H,17H2,1H3. The van der Waals surface area contributed by atoms with Crippen LogP contribution in [0.3, 0.4) is 0 Å². The van der Waals surface area contributed by atoms with Crippen molar-refractivity contribution in [2.75, 3.05) is 5.73 Å². The predicted octanol–water partition coefficient (Wildman–Crippen LogP) is 3.65. The number of hydrogen-bond acceptors (Lipinski definition) is 5. The number of halogens is 2. The van der Waals surface area contributed by atoms with Crippen molar-refractivity contribution in [1.82, 2.24) is 9.97 Å². The van der Waals surface area contributed by atoms with E-state index < -0.39 is 5.78 Å². The highest BCUT2D eigenvalue weighted by Crippen LogP contribution is 2.30. The van der Waals surface area contributed by atoms with E-state index in [1.807, 2.05) is 6.92 Å². The van der Waals surface area contributed by atoms with Crippen molar-refractivity contribution in [3.05, 3.63) is 51.6 Å². The molecule has 0 spiro atoms. The third kappa shape index (κ3) is 2.34. The summed E-state index contributed by atoms with van der Waals surface area (Å²) in [6.45, 7) is 1.82. The quantitative estimate of drug-likeness (QED) is 0.728. The molecule has 0 aliphatic carbocycles. The van der Waals surface area contributed by atoms with Crippen molar-refractivity contribution < 1.29 is 9.21 Å². The van der Waals surface area contributed by atoms with E-state index in [0.717, 1.165) is 5.69 Å². The Kier molecular flexibility index (Phi) is 3.31. The molecule has 0 amide bonds. The zero-order valence-corrected chi connectivity index (χ0v) is 12.4. The number of nitrogen functional groups attached to an aromatic ring is 1. The van der Waals surface area contributed by atoms with Crippen LogP contribution in [-0.2, 0) is 0 Å². The zero-order valence-electron chi connectivity index (χ0n) is 10.9. The van der Waals surface area contributed by atoms with E-state index in [2.05, 4.69) is 9.97 Å². The van der Waals surface area contributed by atoms with E-state index in [0.29, 0.717) is 16.1 Å². The fourth-order valence-electron chi connectivity index (χ4n) is 1.95. The molecule has 106 valence electrons. The van der Waals surface area contributed by atoms with Crippen molar-refractivity contribution in [3.8, 4) is 0 Å². The smallest absolute Gasteiger partial charge is 0.250 e. The van der Waals surface area contributed by atoms with Gasteiger partial charge in [-0.2, -0.15) is 0 Å². The summed E-state index contributed by atoms with van der Waals surface area (Å²) in [5.74, 6) is -0.537. The summed E-state index contributed by atoms with van der Waals surface area (Å²) in [5.41, 5.74) is 7.27. The first-order valence-corrected chi connectivity index (χ1v) is 6.74. The van der Waals surface area contributed by atoms with Gasteiger partial charge in [0.05, 0.1) is 21.1 Å². The molecule has 2 N–H and O–H groups in total. The van der Waals surface area contributed by atoms with Crippen LogP contribution in [-0.4, -0.2) is 15.8 Å². The van der Waals surface area contributed by atoms with Crippen LogP contribution in [0.1, 0.15) is 21.9 Å². The van der Waals surface area contributed by atoms with E-state index in [1.165, 1.54) is 12.3 Å². The molecule has 7 heteroatoms. The fourth-order valence-corrected chi connectivity index (χ4v) is 2.41. The van der Waals surface area contributed by atoms with Crippen LogP contribution < -0.4 is 5.73 Å². The van der Waals surface area contributed by atoms with E-state index in [1.54, 1.807) is 12.1 Å². The lowest BCUT2D eigenvalue weighted by molar-refractivity contribution is 0.101. The van der Waals surface area contributed by atoms with Gasteiger partial charge < -0.3 is 10.2 Å². The van der Waals surface area contributed by atoms with Crippen molar-refractivity contribution in [3.63, 3.8) is 0 Å². The van der Waals surface area contributed by atoms with Crippen LogP contribution in [0.2, 0.25) is 10.0 Å². The molecule has 3 aromatic rings. The van der Waals surface area contributed by atoms with Crippen LogP contribution >= 0.6 is 23.2 Å². The minimum atomic E-state index is -0.509. The summed E-state index contributed by atoms with van der Waals surface area (Å²) < 4.78 is 5.46. The van der Waals surface area contributed by atoms with E-state index in [-0.39, 0.29) is 22.2 Å². The molecule has 3 aromatic heterocycles. The Morgan fingerprint density at radius 2 is 2.10 bits per heavy atom. The van der Waals surface area contributed by atoms with Gasteiger partial charge in [-0.1, -0.05) is 23.2 Å². The third-order valence-corrected chi connectivity index (χ3v) is 3.46. The molecule has 0 aliphatic heterocycles. The number of rotatable bonds is 2. The summed E-state index contributed by atoms with van der Waals surface area (Å²) in [7, 11) is 0. The van der Waals surface area contributed by atoms with Gasteiger partial charge in [-0.25, -0.2) is 9.97 Å². The van der Waals surface area contributed by atoms with Gasteiger partial charge in [0.1, 0.15) is 5.69 Å². The Morgan fingerprint density at radius 1 is 1.33 bits per heavy atom. The number of anilines is 1. The van der Waals surface area contributed by atoms with E-state index >= 15 is 0 Å². The van der Waals surface area contributed by atoms with Gasteiger partial charge in [-0.15, -0.1) is 0 Å². The average Bonchev–Trinajstić information content (AvgIpc) is 2.75. The van der Waals surface area contributed by atoms with Gasteiger partial charge in [0.25, 0.3) is 0 Å². The molecular weight excluding hydrogens is 313 g/mol. The number of nitrogens with two attached hydrogens (primary N) is 1. The van der Waals surface area contributed by atoms with Gasteiger partial charge in [-0.05, 0) is 25.1 Å². The molecule has 3 heterocycles. The number of hydrogen-bond donors (Lipinski definition) is 1. The summed E-state index contributed by atoms with van der Waals surface area (Å²) in [4.78, 5) is 20.6. The second kappa shape index (κ2) is 5.02. The van der Waals surface area contributed by atoms with Crippen LogP contribution in [0.15, 0.2) is 28.8 Å². The highest BCUT2D eigenvalue weighted by atomic mass is 35.5. The maximum Gasteiger partial charge on any atom is 0.250 e. The third-order valence-electron chi connectivity index (χ3n) is 2.96. The summed E-state index contributed by atoms with van der Waals surface area (Å²) in [6, 6.07) is 4.98. The maximum absolute atomic E-state index is 12.5. The topological polar surface area (TPSA) is 82.0 Å². The number of carbonyl (C=O) groups excluding carboxylic acids is 1. The predicted molar refractivity (Wildman–Crippen MR) is 80.8 cm³/mol. The highest BCUT2D eigenvalue weighted by Gasteiger charge is 2.24. The molecule has 0 fully saturated rings. The normalized spacial score (nSPS) is 11.0. The molecule has 0 radical (unpaired) electrons. The van der Waals surface area contributed by atoms with Crippen molar-refractivity contribution in [2.45, 2.75) is 6.92 Å². The number of ketones is 1. The van der Waals surface area contributed by atoms with Crippen LogP contribution in [0.5, 0.6) is 0 Å². The first-order chi connectivity index (χ1) is 9.97. The van der Waals surface area contributed by atoms with Gasteiger partial charge >= 0.3 is 0 Å². The van der Waals surface area contributed by atoms with Gasteiger partial charge in [0.15, 0.2) is 0 Å². The average molecular weight is 322 g/mol. The van der Waals surface area contributed by atoms with E-state index in [4.69, 9.17) is 33.4 Å². The summed E-state index contributed by atoms with van der Waals surface area (Å²) in [6.07, 6.45) is 1.34. The molecule has 0 saturated carbocycles. The Balaban J connectivity index is 2.15. The molecule has 5 nitrogen and oxygen atoms in total. The second-order valence-corrected chi connectivity index (χ2v) is 5.31. The number of nitrogens with zero attached hydrogens (tertiary/aromatic N) is 2. The summed E-state index contributed by atoms with van der Waals surface area (Å²) >= 11 is 11.7. The molecule has 0 bridgehead atoms. The molecular formula is C14H9Cl2N3O2. The van der Waals surface area contributed by atoms with Crippen LogP contribution in [0.25, 0.3) is 11.1 Å². The Labute approximate surface area is 129 Å². The van der Waals surface area contributed by atoms with Gasteiger partial charge in [0.2, 0.25) is 17.3 Å². The Hall–Kier alpha value is -2.11. The second-order valence-electron chi connectivity index (χ2n) is 4.46. The minimum absolute atomic E-state index is 0.0279. The molecule has 0 unspecified atom stereocenters. The Morgan fingerprint density at radius 3 is 2.81 bits per heavy atom. The van der Waals surface area contributed by atoms with Crippen molar-refractivity contribution in [2.24, 2.45) is 0 Å². The molecule has 21 heavy (non-hydrogen) atoms. The Bertz CT molecular complexity index is 874. The maximum atomic E-state index is 12.5. The summed E-state index contributed by atoms with van der Waals surface area (Å²) in [5, 5.41) is 1.05. The zero-order chi connectivity index (χ0) is 15.1. The van der Waals surface area contributed by atoms with E-state index in [9.17, 15) is 4.79 Å². The first-order valence-electron chi connectivity index (χ1n) is 5.98. The largest absolute Gasteiger partial charge is 0.432 e. The number of carbonyl (C=O) groups is 1. The SMILES string of the molecule is Cc1ccc2c(N)c(C(=O)c3ncc(Cl)cc3Cl)oc2n1. The molecule has 3 rings (SSSR count). The number of furan rings is 1. The molecule has 0 aliphatic rings. The fraction of sp³-hybridized carbons (Fsp3) is 0.0714. The lowest BCUT2D eigenvalue weighted by atomic mass is 10.1. The van der Waals surface area contributed by atoms with Crippen LogP contribution in [0, 0.1) is 6.92 Å². The van der Waals surface area contributed by atoms with Gasteiger partial charge in [0, 0.05) is 11.9 Å². The number of aromatic nitrogens is 2. The highest BCUT2D eigenvalue weighted by molar-refractivity contribution is 6.37. The first kappa shape index (κ1) is 13.9. The molecule has 0 saturated heterocycles. The van der Waals surface area contributed by atoms with Crippen molar-refractivity contribution >= 4 is 45.8 Å². The lowest BCUT2D eigenvalue weighted by Crippen LogP contribution is -2.06. The van der Waals surface area contributed by atoms with Crippen molar-refractivity contribution in [1.29, 1.82) is 0 Å². The number of fused-ring (bicyclic) bond motifs is 1. The monoisotopic (exact) mass is 321 g/mol. The molecule has 0 atom stereocenters.